The SMILES string of the molecule is CC(C)(C)c1cc2c(=O)[nH]c(C3CCCS3)nc2s1. The summed E-state index contributed by atoms with van der Waals surface area (Å²) in [5.41, 5.74) is 0.0827. The predicted molar refractivity (Wildman–Crippen MR) is 83.4 cm³/mol. The number of hydrogen-bond donors (Lipinski definition) is 1. The Morgan fingerprint density at radius 3 is 2.84 bits per heavy atom. The number of nitrogens with zero attached hydrogens (tertiary/aromatic N) is 1. The topological polar surface area (TPSA) is 45.8 Å². The van der Waals surface area contributed by atoms with Gasteiger partial charge in [-0.1, -0.05) is 20.8 Å². The minimum atomic E-state index is 0.0132. The number of H-pyrrole nitrogens is 1. The molecular weight excluding hydrogens is 276 g/mol. The van der Waals surface area contributed by atoms with E-state index in [1.54, 1.807) is 11.3 Å². The zero-order valence-corrected chi connectivity index (χ0v) is 13.1. The highest BCUT2D eigenvalue weighted by Crippen LogP contribution is 2.39. The van der Waals surface area contributed by atoms with Gasteiger partial charge in [-0.05, 0) is 30.1 Å². The average Bonchev–Trinajstić information content (AvgIpc) is 2.96. The summed E-state index contributed by atoms with van der Waals surface area (Å²) in [4.78, 5) is 22.0. The smallest absolute Gasteiger partial charge is 0.259 e. The largest absolute Gasteiger partial charge is 0.309 e. The molecule has 1 fully saturated rings. The van der Waals surface area contributed by atoms with Crippen molar-refractivity contribution in [2.75, 3.05) is 5.75 Å². The summed E-state index contributed by atoms with van der Waals surface area (Å²) in [7, 11) is 0. The van der Waals surface area contributed by atoms with Gasteiger partial charge in [0.15, 0.2) is 0 Å². The fourth-order valence-electron chi connectivity index (χ4n) is 2.26. The monoisotopic (exact) mass is 294 g/mol. The fraction of sp³-hybridized carbons (Fsp3) is 0.571. The summed E-state index contributed by atoms with van der Waals surface area (Å²) in [6.07, 6.45) is 2.34. The number of nitrogens with one attached hydrogen (secondary N) is 1. The molecule has 3 nitrogen and oxygen atoms in total. The van der Waals surface area contributed by atoms with E-state index in [1.165, 1.54) is 17.1 Å². The van der Waals surface area contributed by atoms with E-state index in [9.17, 15) is 4.79 Å². The number of hydrogen-bond acceptors (Lipinski definition) is 4. The zero-order valence-electron chi connectivity index (χ0n) is 11.4. The molecule has 0 saturated carbocycles. The van der Waals surface area contributed by atoms with E-state index in [2.05, 4.69) is 25.8 Å². The van der Waals surface area contributed by atoms with E-state index in [-0.39, 0.29) is 11.0 Å². The van der Waals surface area contributed by atoms with Crippen molar-refractivity contribution in [2.45, 2.75) is 44.3 Å². The lowest BCUT2D eigenvalue weighted by molar-refractivity contribution is 0.604. The Bertz CT molecular complexity index is 660. The first-order valence-corrected chi connectivity index (χ1v) is 8.47. The van der Waals surface area contributed by atoms with Crippen molar-refractivity contribution in [1.82, 2.24) is 9.97 Å². The maximum Gasteiger partial charge on any atom is 0.259 e. The third kappa shape index (κ3) is 2.46. The van der Waals surface area contributed by atoms with Crippen molar-refractivity contribution in [1.29, 1.82) is 0 Å². The van der Waals surface area contributed by atoms with Gasteiger partial charge in [-0.15, -0.1) is 11.3 Å². The second kappa shape index (κ2) is 4.63. The molecule has 3 heterocycles. The lowest BCUT2D eigenvalue weighted by atomic mass is 9.94. The molecule has 102 valence electrons. The molecule has 19 heavy (non-hydrogen) atoms. The summed E-state index contributed by atoms with van der Waals surface area (Å²) in [5.74, 6) is 2.03. The molecule has 0 bridgehead atoms. The highest BCUT2D eigenvalue weighted by atomic mass is 32.2. The summed E-state index contributed by atoms with van der Waals surface area (Å²) >= 11 is 3.55. The lowest BCUT2D eigenvalue weighted by Crippen LogP contribution is -2.12. The van der Waals surface area contributed by atoms with Gasteiger partial charge in [0, 0.05) is 4.88 Å². The van der Waals surface area contributed by atoms with E-state index in [0.717, 1.165) is 22.5 Å². The third-order valence-electron chi connectivity index (χ3n) is 3.39. The maximum absolute atomic E-state index is 12.2. The summed E-state index contributed by atoms with van der Waals surface area (Å²) in [5, 5.41) is 1.11. The van der Waals surface area contributed by atoms with Gasteiger partial charge < -0.3 is 4.98 Å². The molecule has 0 aliphatic carbocycles. The van der Waals surface area contributed by atoms with Gasteiger partial charge in [0.2, 0.25) is 0 Å². The Labute approximate surface area is 120 Å². The molecule has 1 atom stereocenters. The van der Waals surface area contributed by atoms with E-state index in [4.69, 9.17) is 4.98 Å². The summed E-state index contributed by atoms with van der Waals surface area (Å²) < 4.78 is 0. The molecule has 1 aliphatic rings. The van der Waals surface area contributed by atoms with Crippen LogP contribution in [0.5, 0.6) is 0 Å². The van der Waals surface area contributed by atoms with Gasteiger partial charge in [-0.2, -0.15) is 11.8 Å². The van der Waals surface area contributed by atoms with Crippen molar-refractivity contribution in [3.63, 3.8) is 0 Å². The number of aromatic amines is 1. The Balaban J connectivity index is 2.12. The standard InChI is InChI=1S/C14H18N2OS2/c1-14(2,3)10-7-8-12(17)15-11(16-13(8)19-10)9-5-4-6-18-9/h7,9H,4-6H2,1-3H3,(H,15,16,17). The molecule has 0 aromatic carbocycles. The van der Waals surface area contributed by atoms with Crippen LogP contribution >= 0.6 is 23.1 Å². The third-order valence-corrected chi connectivity index (χ3v) is 6.23. The van der Waals surface area contributed by atoms with Crippen LogP contribution in [-0.2, 0) is 5.41 Å². The van der Waals surface area contributed by atoms with Gasteiger partial charge in [-0.25, -0.2) is 4.98 Å². The minimum absolute atomic E-state index is 0.0132. The Morgan fingerprint density at radius 2 is 2.21 bits per heavy atom. The lowest BCUT2D eigenvalue weighted by Gasteiger charge is -2.14. The first kappa shape index (κ1) is 13.2. The van der Waals surface area contributed by atoms with Crippen LogP contribution < -0.4 is 5.56 Å². The first-order chi connectivity index (χ1) is 8.95. The van der Waals surface area contributed by atoms with E-state index >= 15 is 0 Å². The molecule has 2 aromatic rings. The number of thiophene rings is 1. The molecule has 3 rings (SSSR count). The summed E-state index contributed by atoms with van der Waals surface area (Å²) in [6.45, 7) is 6.50. The van der Waals surface area contributed by atoms with Crippen LogP contribution in [0.1, 0.15) is 49.6 Å². The van der Waals surface area contributed by atoms with Gasteiger partial charge in [0.1, 0.15) is 10.7 Å². The highest BCUT2D eigenvalue weighted by Gasteiger charge is 2.23. The van der Waals surface area contributed by atoms with Crippen LogP contribution in [0.4, 0.5) is 0 Å². The van der Waals surface area contributed by atoms with Gasteiger partial charge in [0.25, 0.3) is 5.56 Å². The van der Waals surface area contributed by atoms with Crippen molar-refractivity contribution < 1.29 is 0 Å². The van der Waals surface area contributed by atoms with Crippen molar-refractivity contribution in [3.05, 3.63) is 27.1 Å². The Morgan fingerprint density at radius 1 is 1.42 bits per heavy atom. The van der Waals surface area contributed by atoms with Gasteiger partial charge in [0.05, 0.1) is 10.6 Å². The van der Waals surface area contributed by atoms with E-state index < -0.39 is 0 Å². The summed E-state index contributed by atoms with van der Waals surface area (Å²) in [6, 6.07) is 2.00. The van der Waals surface area contributed by atoms with Crippen molar-refractivity contribution >= 4 is 33.3 Å². The second-order valence-corrected chi connectivity index (χ2v) is 8.37. The molecule has 1 unspecified atom stereocenters. The molecule has 5 heteroatoms. The molecule has 1 saturated heterocycles. The van der Waals surface area contributed by atoms with Crippen LogP contribution in [0.3, 0.4) is 0 Å². The van der Waals surface area contributed by atoms with Crippen LogP contribution in [-0.4, -0.2) is 15.7 Å². The van der Waals surface area contributed by atoms with E-state index in [1.807, 2.05) is 17.8 Å². The average molecular weight is 294 g/mol. The fourth-order valence-corrected chi connectivity index (χ4v) is 4.58. The number of thioether (sulfide) groups is 1. The molecule has 1 N–H and O–H groups in total. The normalized spacial score (nSPS) is 20.3. The van der Waals surface area contributed by atoms with Gasteiger partial charge >= 0.3 is 0 Å². The molecule has 0 amide bonds. The number of aromatic nitrogens is 2. The molecule has 1 aliphatic heterocycles. The highest BCUT2D eigenvalue weighted by molar-refractivity contribution is 7.99. The quantitative estimate of drug-likeness (QED) is 0.869. The van der Waals surface area contributed by atoms with Crippen molar-refractivity contribution in [3.8, 4) is 0 Å². The van der Waals surface area contributed by atoms with Crippen LogP contribution in [0.25, 0.3) is 10.2 Å². The molecular formula is C14H18N2OS2. The van der Waals surface area contributed by atoms with Gasteiger partial charge in [-0.3, -0.25) is 4.79 Å². The maximum atomic E-state index is 12.2. The van der Waals surface area contributed by atoms with Crippen molar-refractivity contribution in [2.24, 2.45) is 0 Å². The van der Waals surface area contributed by atoms with Crippen LogP contribution in [0, 0.1) is 0 Å². The number of fused-ring (bicyclic) bond motifs is 1. The predicted octanol–water partition coefficient (Wildman–Crippen LogP) is 3.85. The van der Waals surface area contributed by atoms with E-state index in [0.29, 0.717) is 5.25 Å². The molecule has 0 spiro atoms. The Hall–Kier alpha value is -0.810. The van der Waals surface area contributed by atoms with Crippen LogP contribution in [0.2, 0.25) is 0 Å². The second-order valence-electron chi connectivity index (χ2n) is 6.03. The molecule has 2 aromatic heterocycles. The first-order valence-electron chi connectivity index (χ1n) is 6.61. The molecule has 0 radical (unpaired) electrons. The zero-order chi connectivity index (χ0) is 13.6. The number of rotatable bonds is 1. The minimum Gasteiger partial charge on any atom is -0.309 e. The Kier molecular flexibility index (Phi) is 3.21. The van der Waals surface area contributed by atoms with Crippen LogP contribution in [0.15, 0.2) is 10.9 Å².